The maximum atomic E-state index is 13.8. The standard InChI is InChI=1S/C17H11ClFN5O5/c18-14-9-22(8-10-3-1-2-4-15(10)19)21-16(14)20-17(25)11-5-12(23(26)27)7-13(6-11)24(28)29/h1-7,9H,8H2,(H,20,21,25). The maximum absolute atomic E-state index is 13.8. The Bertz CT molecular complexity index is 1100. The van der Waals surface area contributed by atoms with Gasteiger partial charge in [-0.05, 0) is 6.07 Å². The summed E-state index contributed by atoms with van der Waals surface area (Å²) in [5.41, 5.74) is -1.19. The Morgan fingerprint density at radius 2 is 1.76 bits per heavy atom. The summed E-state index contributed by atoms with van der Waals surface area (Å²) in [6.07, 6.45) is 1.36. The zero-order valence-corrected chi connectivity index (χ0v) is 15.2. The fraction of sp³-hybridized carbons (Fsp3) is 0.0588. The predicted octanol–water partition coefficient (Wildman–Crippen LogP) is 3.79. The molecular weight excluding hydrogens is 409 g/mol. The minimum absolute atomic E-state index is 0.0367. The molecule has 0 spiro atoms. The minimum atomic E-state index is -0.880. The van der Waals surface area contributed by atoms with Crippen molar-refractivity contribution in [1.82, 2.24) is 9.78 Å². The number of hydrogen-bond donors (Lipinski definition) is 1. The van der Waals surface area contributed by atoms with E-state index in [1.165, 1.54) is 16.9 Å². The molecule has 0 bridgehead atoms. The highest BCUT2D eigenvalue weighted by Crippen LogP contribution is 2.25. The molecule has 10 nitrogen and oxygen atoms in total. The average Bonchev–Trinajstić information content (AvgIpc) is 3.02. The Morgan fingerprint density at radius 3 is 2.34 bits per heavy atom. The fourth-order valence-corrected chi connectivity index (χ4v) is 2.68. The first kappa shape index (κ1) is 19.9. The first-order valence-corrected chi connectivity index (χ1v) is 8.34. The van der Waals surface area contributed by atoms with Gasteiger partial charge in [0.25, 0.3) is 17.3 Å². The number of rotatable bonds is 6. The molecule has 1 aromatic heterocycles. The van der Waals surface area contributed by atoms with Crippen molar-refractivity contribution in [3.8, 4) is 0 Å². The van der Waals surface area contributed by atoms with Crippen LogP contribution in [0.25, 0.3) is 0 Å². The summed E-state index contributed by atoms with van der Waals surface area (Å²) >= 11 is 6.04. The summed E-state index contributed by atoms with van der Waals surface area (Å²) in [4.78, 5) is 32.6. The zero-order chi connectivity index (χ0) is 21.1. The molecular formula is C17H11ClFN5O5. The molecule has 0 aliphatic rings. The van der Waals surface area contributed by atoms with Gasteiger partial charge in [0.15, 0.2) is 5.82 Å². The van der Waals surface area contributed by atoms with Gasteiger partial charge in [-0.15, -0.1) is 0 Å². The lowest BCUT2D eigenvalue weighted by atomic mass is 10.1. The molecule has 148 valence electrons. The molecule has 12 heteroatoms. The lowest BCUT2D eigenvalue weighted by Gasteiger charge is -2.04. The zero-order valence-electron chi connectivity index (χ0n) is 14.4. The van der Waals surface area contributed by atoms with Crippen LogP contribution in [0.3, 0.4) is 0 Å². The highest BCUT2D eigenvalue weighted by atomic mass is 35.5. The van der Waals surface area contributed by atoms with E-state index in [0.29, 0.717) is 5.56 Å². The quantitative estimate of drug-likeness (QED) is 0.477. The normalized spacial score (nSPS) is 10.6. The number of nitrogens with one attached hydrogen (secondary N) is 1. The number of halogens is 2. The first-order valence-electron chi connectivity index (χ1n) is 7.96. The van der Waals surface area contributed by atoms with Gasteiger partial charge in [-0.1, -0.05) is 29.8 Å². The summed E-state index contributed by atoms with van der Waals surface area (Å²) in [5.74, 6) is -1.40. The van der Waals surface area contributed by atoms with E-state index in [-0.39, 0.29) is 22.9 Å². The molecule has 0 atom stereocenters. The third-order valence-electron chi connectivity index (χ3n) is 3.83. The summed E-state index contributed by atoms with van der Waals surface area (Å²) in [5, 5.41) is 28.3. The van der Waals surface area contributed by atoms with Crippen molar-refractivity contribution in [2.75, 3.05) is 5.32 Å². The van der Waals surface area contributed by atoms with Crippen molar-refractivity contribution >= 4 is 34.7 Å². The maximum Gasteiger partial charge on any atom is 0.277 e. The van der Waals surface area contributed by atoms with Gasteiger partial charge < -0.3 is 5.32 Å². The number of amides is 1. The van der Waals surface area contributed by atoms with Gasteiger partial charge in [-0.2, -0.15) is 5.10 Å². The molecule has 0 aliphatic carbocycles. The topological polar surface area (TPSA) is 133 Å². The van der Waals surface area contributed by atoms with E-state index in [2.05, 4.69) is 10.4 Å². The van der Waals surface area contributed by atoms with Crippen LogP contribution in [0.15, 0.2) is 48.7 Å². The van der Waals surface area contributed by atoms with Crippen molar-refractivity contribution in [2.24, 2.45) is 0 Å². The second-order valence-electron chi connectivity index (χ2n) is 5.82. The summed E-state index contributed by atoms with van der Waals surface area (Å²) in [7, 11) is 0. The molecule has 3 rings (SSSR count). The molecule has 0 radical (unpaired) electrons. The Kier molecular flexibility index (Phi) is 5.50. The van der Waals surface area contributed by atoms with Crippen molar-refractivity contribution in [1.29, 1.82) is 0 Å². The van der Waals surface area contributed by atoms with E-state index in [9.17, 15) is 29.4 Å². The Morgan fingerprint density at radius 1 is 1.14 bits per heavy atom. The molecule has 1 N–H and O–H groups in total. The molecule has 0 saturated heterocycles. The molecule has 3 aromatic rings. The van der Waals surface area contributed by atoms with Gasteiger partial charge in [-0.25, -0.2) is 4.39 Å². The molecule has 1 amide bonds. The van der Waals surface area contributed by atoms with Crippen LogP contribution in [0.4, 0.5) is 21.6 Å². The number of carbonyl (C=O) groups excluding carboxylic acids is 1. The van der Waals surface area contributed by atoms with Crippen LogP contribution in [0.2, 0.25) is 5.02 Å². The smallest absolute Gasteiger partial charge is 0.277 e. The molecule has 1 heterocycles. The van der Waals surface area contributed by atoms with Gasteiger partial charge >= 0.3 is 0 Å². The molecule has 0 saturated carbocycles. The highest BCUT2D eigenvalue weighted by molar-refractivity contribution is 6.33. The van der Waals surface area contributed by atoms with Crippen LogP contribution < -0.4 is 5.32 Å². The molecule has 29 heavy (non-hydrogen) atoms. The molecule has 2 aromatic carbocycles. The van der Waals surface area contributed by atoms with Crippen molar-refractivity contribution < 1.29 is 19.0 Å². The van der Waals surface area contributed by atoms with E-state index in [0.717, 1.165) is 18.2 Å². The van der Waals surface area contributed by atoms with E-state index in [4.69, 9.17) is 11.6 Å². The van der Waals surface area contributed by atoms with E-state index in [1.807, 2.05) is 0 Å². The number of nitro benzene ring substituents is 2. The largest absolute Gasteiger partial charge is 0.304 e. The minimum Gasteiger partial charge on any atom is -0.304 e. The number of non-ortho nitro benzene ring substituents is 2. The van der Waals surface area contributed by atoms with Crippen molar-refractivity contribution in [3.63, 3.8) is 0 Å². The summed E-state index contributed by atoms with van der Waals surface area (Å²) in [6.45, 7) is 0.0462. The van der Waals surface area contributed by atoms with Crippen LogP contribution in [0.1, 0.15) is 15.9 Å². The fourth-order valence-electron chi connectivity index (χ4n) is 2.48. The van der Waals surface area contributed by atoms with E-state index < -0.39 is 32.9 Å². The lowest BCUT2D eigenvalue weighted by Crippen LogP contribution is -2.14. The third-order valence-corrected chi connectivity index (χ3v) is 4.10. The number of nitrogens with zero attached hydrogens (tertiary/aromatic N) is 4. The number of aromatic nitrogens is 2. The second-order valence-corrected chi connectivity index (χ2v) is 6.23. The van der Waals surface area contributed by atoms with Crippen LogP contribution in [0.5, 0.6) is 0 Å². The van der Waals surface area contributed by atoms with Crippen LogP contribution in [0, 0.1) is 26.0 Å². The Labute approximate surface area is 166 Å². The van der Waals surface area contributed by atoms with Crippen molar-refractivity contribution in [3.05, 3.63) is 90.9 Å². The van der Waals surface area contributed by atoms with Crippen LogP contribution in [-0.2, 0) is 6.54 Å². The first-order chi connectivity index (χ1) is 13.7. The van der Waals surface area contributed by atoms with Crippen LogP contribution in [-0.4, -0.2) is 25.5 Å². The second kappa shape index (κ2) is 8.02. The van der Waals surface area contributed by atoms with E-state index in [1.54, 1.807) is 18.2 Å². The van der Waals surface area contributed by atoms with Crippen molar-refractivity contribution in [2.45, 2.75) is 6.54 Å². The van der Waals surface area contributed by atoms with Gasteiger partial charge in [0.1, 0.15) is 10.8 Å². The molecule has 0 fully saturated rings. The Hall–Kier alpha value is -3.86. The monoisotopic (exact) mass is 419 g/mol. The lowest BCUT2D eigenvalue weighted by molar-refractivity contribution is -0.394. The molecule has 0 aliphatic heterocycles. The highest BCUT2D eigenvalue weighted by Gasteiger charge is 2.21. The summed E-state index contributed by atoms with van der Waals surface area (Å²) in [6, 6.07) is 8.58. The van der Waals surface area contributed by atoms with Gasteiger partial charge in [0.05, 0.1) is 28.0 Å². The number of benzene rings is 2. The molecule has 0 unspecified atom stereocenters. The number of anilines is 1. The van der Waals surface area contributed by atoms with E-state index >= 15 is 0 Å². The SMILES string of the molecule is O=C(Nc1nn(Cc2ccccc2F)cc1Cl)c1cc([N+](=O)[O-])cc([N+](=O)[O-])c1. The number of nitro groups is 2. The predicted molar refractivity (Wildman–Crippen MR) is 100 cm³/mol. The average molecular weight is 420 g/mol. The number of carbonyl (C=O) groups is 1. The van der Waals surface area contributed by atoms with Gasteiger partial charge in [0.2, 0.25) is 0 Å². The third kappa shape index (κ3) is 4.52. The Balaban J connectivity index is 1.84. The van der Waals surface area contributed by atoms with Crippen LogP contribution >= 0.6 is 11.6 Å². The number of hydrogen-bond acceptors (Lipinski definition) is 6. The summed E-state index contributed by atoms with van der Waals surface area (Å²) < 4.78 is 15.1. The van der Waals surface area contributed by atoms with Gasteiger partial charge in [-0.3, -0.25) is 29.7 Å². The van der Waals surface area contributed by atoms with Gasteiger partial charge in [0, 0.05) is 23.9 Å².